The Morgan fingerprint density at radius 1 is 0.963 bits per heavy atom. The van der Waals surface area contributed by atoms with Crippen molar-refractivity contribution in [3.8, 4) is 0 Å². The number of nitrogens with one attached hydrogen (secondary N) is 1. The van der Waals surface area contributed by atoms with Crippen LogP contribution < -0.4 is 5.32 Å². The minimum Gasteiger partial charge on any atom is -0.355 e. The Kier molecular flexibility index (Phi) is 5.65. The molecule has 0 spiro atoms. The third kappa shape index (κ3) is 4.12. The Balaban J connectivity index is 1.31. The molecule has 1 aromatic rings. The summed E-state index contributed by atoms with van der Waals surface area (Å²) in [7, 11) is 0. The molecular formula is C22H31N3O2. The van der Waals surface area contributed by atoms with E-state index in [2.05, 4.69) is 29.6 Å². The van der Waals surface area contributed by atoms with E-state index in [1.165, 1.54) is 17.5 Å². The molecule has 2 aliphatic heterocycles. The van der Waals surface area contributed by atoms with Crippen molar-refractivity contribution in [2.24, 2.45) is 5.92 Å². The Morgan fingerprint density at radius 2 is 1.74 bits per heavy atom. The average molecular weight is 370 g/mol. The molecule has 0 saturated carbocycles. The van der Waals surface area contributed by atoms with E-state index < -0.39 is 0 Å². The second kappa shape index (κ2) is 8.32. The monoisotopic (exact) mass is 369 g/mol. The van der Waals surface area contributed by atoms with Crippen LogP contribution >= 0.6 is 0 Å². The second-order valence-corrected chi connectivity index (χ2v) is 8.30. The first kappa shape index (κ1) is 18.3. The van der Waals surface area contributed by atoms with Gasteiger partial charge in [-0.05, 0) is 56.1 Å². The van der Waals surface area contributed by atoms with Gasteiger partial charge in [0, 0.05) is 38.6 Å². The Bertz CT molecular complexity index is 684. The minimum absolute atomic E-state index is 0.0656. The third-order valence-electron chi connectivity index (χ3n) is 6.46. The van der Waals surface area contributed by atoms with Gasteiger partial charge < -0.3 is 15.1 Å². The van der Waals surface area contributed by atoms with Gasteiger partial charge in [0.25, 0.3) is 0 Å². The molecule has 2 atom stereocenters. The fraction of sp³-hybridized carbons (Fsp3) is 0.636. The van der Waals surface area contributed by atoms with Crippen molar-refractivity contribution in [2.75, 3.05) is 32.7 Å². The van der Waals surface area contributed by atoms with Crippen LogP contribution in [0, 0.1) is 5.92 Å². The maximum Gasteiger partial charge on any atom is 0.320 e. The van der Waals surface area contributed by atoms with Crippen LogP contribution in [-0.2, 0) is 11.2 Å². The molecule has 2 saturated heterocycles. The number of carbonyl (C=O) groups is 2. The van der Waals surface area contributed by atoms with Crippen molar-refractivity contribution >= 4 is 11.9 Å². The zero-order valence-corrected chi connectivity index (χ0v) is 16.2. The van der Waals surface area contributed by atoms with Crippen LogP contribution in [0.4, 0.5) is 4.79 Å². The molecule has 1 aliphatic carbocycles. The van der Waals surface area contributed by atoms with Gasteiger partial charge in [-0.25, -0.2) is 4.79 Å². The van der Waals surface area contributed by atoms with Gasteiger partial charge in [0.15, 0.2) is 0 Å². The van der Waals surface area contributed by atoms with E-state index in [1.807, 2.05) is 9.80 Å². The third-order valence-corrected chi connectivity index (χ3v) is 6.46. The van der Waals surface area contributed by atoms with Gasteiger partial charge >= 0.3 is 6.03 Å². The van der Waals surface area contributed by atoms with Gasteiger partial charge in [-0.2, -0.15) is 0 Å². The molecule has 5 nitrogen and oxygen atoms in total. The Hall–Kier alpha value is -2.04. The number of hydrogen-bond donors (Lipinski definition) is 1. The summed E-state index contributed by atoms with van der Waals surface area (Å²) >= 11 is 0. The van der Waals surface area contributed by atoms with Crippen LogP contribution in [-0.4, -0.2) is 54.5 Å². The van der Waals surface area contributed by atoms with E-state index >= 15 is 0 Å². The molecule has 27 heavy (non-hydrogen) atoms. The number of amides is 3. The lowest BCUT2D eigenvalue weighted by Gasteiger charge is -2.35. The zero-order chi connectivity index (χ0) is 18.6. The predicted molar refractivity (Wildman–Crippen MR) is 106 cm³/mol. The topological polar surface area (TPSA) is 52.7 Å². The summed E-state index contributed by atoms with van der Waals surface area (Å²) in [5, 5.41) is 3.20. The lowest BCUT2D eigenvalue weighted by Crippen LogP contribution is -2.50. The van der Waals surface area contributed by atoms with Gasteiger partial charge in [-0.15, -0.1) is 0 Å². The highest BCUT2D eigenvalue weighted by atomic mass is 16.2. The van der Waals surface area contributed by atoms with Crippen molar-refractivity contribution in [1.82, 2.24) is 15.1 Å². The molecule has 3 aliphatic rings. The SMILES string of the molecule is O=C(NCC1CCCc2ccccc21)C1CCCN(C(=O)N2CCCC2)C1. The lowest BCUT2D eigenvalue weighted by molar-refractivity contribution is -0.126. The number of benzene rings is 1. The Labute approximate surface area is 162 Å². The number of carbonyl (C=O) groups excluding carboxylic acids is 2. The molecule has 1 N–H and O–H groups in total. The largest absolute Gasteiger partial charge is 0.355 e. The molecule has 0 aromatic heterocycles. The highest BCUT2D eigenvalue weighted by Crippen LogP contribution is 2.31. The second-order valence-electron chi connectivity index (χ2n) is 8.30. The summed E-state index contributed by atoms with van der Waals surface area (Å²) in [5.74, 6) is 0.478. The normalized spacial score (nSPS) is 25.2. The number of rotatable bonds is 3. The van der Waals surface area contributed by atoms with E-state index in [0.29, 0.717) is 19.0 Å². The number of piperidine rings is 1. The molecule has 2 heterocycles. The summed E-state index contributed by atoms with van der Waals surface area (Å²) in [6.45, 7) is 3.81. The summed E-state index contributed by atoms with van der Waals surface area (Å²) in [6.07, 6.45) is 7.50. The number of hydrogen-bond acceptors (Lipinski definition) is 2. The first-order chi connectivity index (χ1) is 13.2. The number of likely N-dealkylation sites (tertiary alicyclic amines) is 2. The van der Waals surface area contributed by atoms with E-state index in [4.69, 9.17) is 0 Å². The Morgan fingerprint density at radius 3 is 2.59 bits per heavy atom. The van der Waals surface area contributed by atoms with Crippen LogP contribution in [0.5, 0.6) is 0 Å². The van der Waals surface area contributed by atoms with Crippen molar-refractivity contribution < 1.29 is 9.59 Å². The fourth-order valence-electron chi connectivity index (χ4n) is 4.91. The van der Waals surface area contributed by atoms with Crippen molar-refractivity contribution in [3.63, 3.8) is 0 Å². The number of aryl methyl sites for hydroxylation is 1. The maximum absolute atomic E-state index is 12.8. The van der Waals surface area contributed by atoms with Crippen molar-refractivity contribution in [3.05, 3.63) is 35.4 Å². The molecule has 0 radical (unpaired) electrons. The highest BCUT2D eigenvalue weighted by molar-refractivity contribution is 5.81. The molecule has 146 valence electrons. The fourth-order valence-corrected chi connectivity index (χ4v) is 4.91. The molecule has 3 amide bonds. The van der Waals surface area contributed by atoms with E-state index in [9.17, 15) is 9.59 Å². The number of urea groups is 1. The predicted octanol–water partition coefficient (Wildman–Crippen LogP) is 3.15. The van der Waals surface area contributed by atoms with Gasteiger partial charge in [0.1, 0.15) is 0 Å². The number of nitrogens with zero attached hydrogens (tertiary/aromatic N) is 2. The quantitative estimate of drug-likeness (QED) is 0.890. The summed E-state index contributed by atoms with van der Waals surface area (Å²) in [6, 6.07) is 8.76. The number of fused-ring (bicyclic) bond motifs is 1. The van der Waals surface area contributed by atoms with Crippen LogP contribution in [0.2, 0.25) is 0 Å². The van der Waals surface area contributed by atoms with Crippen LogP contribution in [0.3, 0.4) is 0 Å². The van der Waals surface area contributed by atoms with Crippen molar-refractivity contribution in [1.29, 1.82) is 0 Å². The molecule has 5 heteroatoms. The van der Waals surface area contributed by atoms with Crippen LogP contribution in [0.1, 0.15) is 55.6 Å². The first-order valence-corrected chi connectivity index (χ1v) is 10.6. The smallest absolute Gasteiger partial charge is 0.320 e. The summed E-state index contributed by atoms with van der Waals surface area (Å²) < 4.78 is 0. The minimum atomic E-state index is -0.0656. The molecule has 4 rings (SSSR count). The van der Waals surface area contributed by atoms with Gasteiger partial charge in [0.05, 0.1) is 5.92 Å². The maximum atomic E-state index is 12.8. The highest BCUT2D eigenvalue weighted by Gasteiger charge is 2.32. The molecule has 1 aromatic carbocycles. The van der Waals surface area contributed by atoms with Gasteiger partial charge in [0.2, 0.25) is 5.91 Å². The van der Waals surface area contributed by atoms with Crippen molar-refractivity contribution in [2.45, 2.75) is 50.9 Å². The summed E-state index contributed by atoms with van der Waals surface area (Å²) in [5.41, 5.74) is 2.83. The molecular weight excluding hydrogens is 338 g/mol. The van der Waals surface area contributed by atoms with E-state index in [0.717, 1.165) is 58.2 Å². The van der Waals surface area contributed by atoms with Crippen LogP contribution in [0.15, 0.2) is 24.3 Å². The first-order valence-electron chi connectivity index (χ1n) is 10.6. The van der Waals surface area contributed by atoms with E-state index in [-0.39, 0.29) is 17.9 Å². The molecule has 0 bridgehead atoms. The standard InChI is InChI=1S/C22H31N3O2/c26-21(23-15-18-9-5-8-17-7-1-2-11-20(17)18)19-10-6-14-25(16-19)22(27)24-12-3-4-13-24/h1-2,7,11,18-19H,3-6,8-10,12-16H2,(H,23,26). The van der Waals surface area contributed by atoms with Gasteiger partial charge in [-0.1, -0.05) is 24.3 Å². The van der Waals surface area contributed by atoms with Crippen LogP contribution in [0.25, 0.3) is 0 Å². The van der Waals surface area contributed by atoms with Gasteiger partial charge in [-0.3, -0.25) is 4.79 Å². The molecule has 2 unspecified atom stereocenters. The van der Waals surface area contributed by atoms with E-state index in [1.54, 1.807) is 0 Å². The summed E-state index contributed by atoms with van der Waals surface area (Å²) in [4.78, 5) is 29.3. The zero-order valence-electron chi connectivity index (χ0n) is 16.2. The lowest BCUT2D eigenvalue weighted by atomic mass is 9.83. The molecule has 2 fully saturated rings. The average Bonchev–Trinajstić information content (AvgIpc) is 3.26.